The monoisotopic (exact) mass is 303 g/mol. The van der Waals surface area contributed by atoms with E-state index < -0.39 is 5.41 Å². The molecule has 2 aliphatic rings. The number of carbonyl (C=O) groups is 3. The second-order valence-electron chi connectivity index (χ2n) is 5.33. The minimum absolute atomic E-state index is 0.187. The van der Waals surface area contributed by atoms with Crippen LogP contribution in [-0.4, -0.2) is 34.7 Å². The third-order valence-corrected chi connectivity index (χ3v) is 4.39. The SMILES string of the molecule is CN1C(=O)c2ccc(NC(=O)C3(C(N)=S)CC3)cc2C1=O. The summed E-state index contributed by atoms with van der Waals surface area (Å²) in [4.78, 5) is 37.1. The van der Waals surface area contributed by atoms with Gasteiger partial charge in [0.1, 0.15) is 0 Å². The molecule has 1 aromatic carbocycles. The summed E-state index contributed by atoms with van der Waals surface area (Å²) in [6, 6.07) is 4.64. The van der Waals surface area contributed by atoms with E-state index in [2.05, 4.69) is 5.32 Å². The highest BCUT2D eigenvalue weighted by Crippen LogP contribution is 2.46. The molecule has 0 spiro atoms. The van der Waals surface area contributed by atoms with Crippen LogP contribution in [0.25, 0.3) is 0 Å². The van der Waals surface area contributed by atoms with Crippen molar-refractivity contribution in [2.75, 3.05) is 12.4 Å². The lowest BCUT2D eigenvalue weighted by Crippen LogP contribution is -2.35. The molecule has 6 nitrogen and oxygen atoms in total. The first-order valence-electron chi connectivity index (χ1n) is 6.44. The fourth-order valence-corrected chi connectivity index (χ4v) is 2.70. The Bertz CT molecular complexity index is 709. The van der Waals surface area contributed by atoms with Crippen LogP contribution >= 0.6 is 12.2 Å². The zero-order chi connectivity index (χ0) is 15.4. The number of hydrogen-bond donors (Lipinski definition) is 2. The minimum Gasteiger partial charge on any atom is -0.392 e. The fourth-order valence-electron chi connectivity index (χ4n) is 2.40. The number of nitrogens with two attached hydrogens (primary N) is 1. The molecule has 1 aromatic rings. The molecular formula is C14H13N3O3S. The molecule has 0 radical (unpaired) electrons. The quantitative estimate of drug-likeness (QED) is 0.640. The topological polar surface area (TPSA) is 92.5 Å². The molecule has 108 valence electrons. The molecule has 0 atom stereocenters. The molecule has 1 aliphatic carbocycles. The van der Waals surface area contributed by atoms with E-state index in [0.717, 1.165) is 4.90 Å². The molecule has 0 saturated heterocycles. The number of anilines is 1. The Hall–Kier alpha value is -2.28. The Labute approximate surface area is 126 Å². The summed E-state index contributed by atoms with van der Waals surface area (Å²) in [5.41, 5.74) is 5.93. The van der Waals surface area contributed by atoms with Gasteiger partial charge < -0.3 is 11.1 Å². The number of amides is 3. The van der Waals surface area contributed by atoms with E-state index >= 15 is 0 Å². The third kappa shape index (κ3) is 1.92. The van der Waals surface area contributed by atoms with Crippen molar-refractivity contribution in [3.63, 3.8) is 0 Å². The largest absolute Gasteiger partial charge is 0.392 e. The van der Waals surface area contributed by atoms with Gasteiger partial charge >= 0.3 is 0 Å². The number of imide groups is 1. The van der Waals surface area contributed by atoms with Crippen LogP contribution in [0.1, 0.15) is 33.6 Å². The normalized spacial score (nSPS) is 18.4. The number of benzene rings is 1. The van der Waals surface area contributed by atoms with E-state index in [4.69, 9.17) is 18.0 Å². The Balaban J connectivity index is 1.87. The van der Waals surface area contributed by atoms with Crippen molar-refractivity contribution in [2.45, 2.75) is 12.8 Å². The molecule has 0 unspecified atom stereocenters. The van der Waals surface area contributed by atoms with E-state index in [1.807, 2.05) is 0 Å². The number of hydrogen-bond acceptors (Lipinski definition) is 4. The van der Waals surface area contributed by atoms with Crippen LogP contribution in [0.5, 0.6) is 0 Å². The first-order valence-corrected chi connectivity index (χ1v) is 6.85. The van der Waals surface area contributed by atoms with Crippen LogP contribution in [0, 0.1) is 5.41 Å². The third-order valence-electron chi connectivity index (χ3n) is 4.00. The Morgan fingerprint density at radius 2 is 1.90 bits per heavy atom. The van der Waals surface area contributed by atoms with Gasteiger partial charge in [-0.25, -0.2) is 0 Å². The number of carbonyl (C=O) groups excluding carboxylic acids is 3. The Morgan fingerprint density at radius 3 is 2.48 bits per heavy atom. The molecule has 3 amide bonds. The molecule has 1 aliphatic heterocycles. The van der Waals surface area contributed by atoms with Gasteiger partial charge in [-0.3, -0.25) is 19.3 Å². The lowest BCUT2D eigenvalue weighted by molar-refractivity contribution is -0.118. The van der Waals surface area contributed by atoms with Crippen LogP contribution in [0.15, 0.2) is 18.2 Å². The van der Waals surface area contributed by atoms with Crippen molar-refractivity contribution in [2.24, 2.45) is 11.1 Å². The highest BCUT2D eigenvalue weighted by molar-refractivity contribution is 7.80. The van der Waals surface area contributed by atoms with Crippen molar-refractivity contribution in [1.29, 1.82) is 0 Å². The van der Waals surface area contributed by atoms with Gasteiger partial charge in [0.25, 0.3) is 11.8 Å². The summed E-state index contributed by atoms with van der Waals surface area (Å²) < 4.78 is 0. The van der Waals surface area contributed by atoms with Crippen LogP contribution in [0.3, 0.4) is 0 Å². The van der Waals surface area contributed by atoms with Crippen molar-refractivity contribution >= 4 is 40.6 Å². The Kier molecular flexibility index (Phi) is 2.84. The first-order chi connectivity index (χ1) is 9.86. The van der Waals surface area contributed by atoms with E-state index in [9.17, 15) is 14.4 Å². The smallest absolute Gasteiger partial charge is 0.261 e. The van der Waals surface area contributed by atoms with Gasteiger partial charge in [0.15, 0.2) is 0 Å². The van der Waals surface area contributed by atoms with Gasteiger partial charge in [-0.05, 0) is 31.0 Å². The van der Waals surface area contributed by atoms with E-state index in [1.54, 1.807) is 6.07 Å². The summed E-state index contributed by atoms with van der Waals surface area (Å²) in [5, 5.41) is 2.72. The van der Waals surface area contributed by atoms with Gasteiger partial charge in [0.2, 0.25) is 5.91 Å². The number of nitrogens with one attached hydrogen (secondary N) is 1. The lowest BCUT2D eigenvalue weighted by Gasteiger charge is -2.13. The van der Waals surface area contributed by atoms with Crippen LogP contribution in [0.2, 0.25) is 0 Å². The Morgan fingerprint density at radius 1 is 1.29 bits per heavy atom. The molecule has 0 aromatic heterocycles. The summed E-state index contributed by atoms with van der Waals surface area (Å²) in [7, 11) is 1.43. The van der Waals surface area contributed by atoms with Crippen molar-refractivity contribution in [1.82, 2.24) is 4.90 Å². The summed E-state index contributed by atoms with van der Waals surface area (Å²) in [5.74, 6) is -0.976. The standard InChI is InChI=1S/C14H13N3O3S/c1-17-10(18)8-3-2-7(6-9(8)11(17)19)16-13(20)14(4-5-14)12(15)21/h2-3,6H,4-5H2,1H3,(H2,15,21)(H,16,20). The van der Waals surface area contributed by atoms with Crippen LogP contribution < -0.4 is 11.1 Å². The first kappa shape index (κ1) is 13.7. The lowest BCUT2D eigenvalue weighted by atomic mass is 10.1. The molecule has 3 N–H and O–H groups in total. The van der Waals surface area contributed by atoms with Crippen molar-refractivity contribution in [3.8, 4) is 0 Å². The fraction of sp³-hybridized carbons (Fsp3) is 0.286. The molecule has 3 rings (SSSR count). The van der Waals surface area contributed by atoms with Crippen LogP contribution in [0.4, 0.5) is 5.69 Å². The van der Waals surface area contributed by atoms with Gasteiger partial charge in [-0.1, -0.05) is 12.2 Å². The number of fused-ring (bicyclic) bond motifs is 1. The zero-order valence-electron chi connectivity index (χ0n) is 11.3. The van der Waals surface area contributed by atoms with Gasteiger partial charge in [-0.2, -0.15) is 0 Å². The average molecular weight is 303 g/mol. The van der Waals surface area contributed by atoms with Crippen molar-refractivity contribution in [3.05, 3.63) is 29.3 Å². The van der Waals surface area contributed by atoms with Gasteiger partial charge in [0, 0.05) is 12.7 Å². The van der Waals surface area contributed by atoms with Crippen LogP contribution in [-0.2, 0) is 4.79 Å². The highest BCUT2D eigenvalue weighted by atomic mass is 32.1. The van der Waals surface area contributed by atoms with E-state index in [-0.39, 0.29) is 22.7 Å². The maximum absolute atomic E-state index is 12.2. The molecule has 1 fully saturated rings. The second-order valence-corrected chi connectivity index (χ2v) is 5.77. The minimum atomic E-state index is -0.759. The molecule has 1 saturated carbocycles. The highest BCUT2D eigenvalue weighted by Gasteiger charge is 2.52. The molecule has 1 heterocycles. The van der Waals surface area contributed by atoms with E-state index in [0.29, 0.717) is 29.7 Å². The van der Waals surface area contributed by atoms with Gasteiger partial charge in [-0.15, -0.1) is 0 Å². The average Bonchev–Trinajstić information content (AvgIpc) is 3.23. The predicted octanol–water partition coefficient (Wildman–Crippen LogP) is 0.917. The molecule has 21 heavy (non-hydrogen) atoms. The zero-order valence-corrected chi connectivity index (χ0v) is 12.1. The van der Waals surface area contributed by atoms with Crippen molar-refractivity contribution < 1.29 is 14.4 Å². The summed E-state index contributed by atoms with van der Waals surface area (Å²) >= 11 is 4.93. The van der Waals surface area contributed by atoms with E-state index in [1.165, 1.54) is 19.2 Å². The molecule has 0 bridgehead atoms. The number of thiocarbonyl (C=S) groups is 1. The maximum Gasteiger partial charge on any atom is 0.261 e. The maximum atomic E-state index is 12.2. The number of nitrogens with zero attached hydrogens (tertiary/aromatic N) is 1. The molecular weight excluding hydrogens is 290 g/mol. The van der Waals surface area contributed by atoms with Gasteiger partial charge in [0.05, 0.1) is 21.5 Å². The summed E-state index contributed by atoms with van der Waals surface area (Å²) in [6.45, 7) is 0. The summed E-state index contributed by atoms with van der Waals surface area (Å²) in [6.07, 6.45) is 1.28. The number of rotatable bonds is 3. The predicted molar refractivity (Wildman–Crippen MR) is 79.9 cm³/mol. The second kappa shape index (κ2) is 4.36. The molecule has 7 heteroatoms.